The molecule has 4 nitrogen and oxygen atoms in total. The van der Waals surface area contributed by atoms with E-state index in [2.05, 4.69) is 15.0 Å². The standard InChI is InChI=1S/C12H14N4S/c1-8-6-15-12(16-7-8)17-11-10(5-13)9(2)3-4-14-11/h3-4,6-7H,5,13H2,1-2H3. The lowest BCUT2D eigenvalue weighted by Gasteiger charge is -2.07. The van der Waals surface area contributed by atoms with Crippen molar-refractivity contribution in [3.63, 3.8) is 0 Å². The summed E-state index contributed by atoms with van der Waals surface area (Å²) in [6.45, 7) is 4.47. The molecule has 0 saturated heterocycles. The van der Waals surface area contributed by atoms with Crippen molar-refractivity contribution in [2.75, 3.05) is 0 Å². The summed E-state index contributed by atoms with van der Waals surface area (Å²) in [5, 5.41) is 1.58. The van der Waals surface area contributed by atoms with E-state index in [0.29, 0.717) is 11.7 Å². The minimum Gasteiger partial charge on any atom is -0.326 e. The van der Waals surface area contributed by atoms with Crippen molar-refractivity contribution >= 4 is 11.8 Å². The number of aromatic nitrogens is 3. The van der Waals surface area contributed by atoms with Gasteiger partial charge in [0.15, 0.2) is 5.16 Å². The zero-order valence-electron chi connectivity index (χ0n) is 9.84. The smallest absolute Gasteiger partial charge is 0.193 e. The Morgan fingerprint density at radius 2 is 1.88 bits per heavy atom. The number of pyridine rings is 1. The molecule has 0 aliphatic rings. The summed E-state index contributed by atoms with van der Waals surface area (Å²) < 4.78 is 0. The van der Waals surface area contributed by atoms with Gasteiger partial charge in [-0.05, 0) is 42.8 Å². The Morgan fingerprint density at radius 3 is 2.53 bits per heavy atom. The quantitative estimate of drug-likeness (QED) is 0.840. The molecule has 0 bridgehead atoms. The summed E-state index contributed by atoms with van der Waals surface area (Å²) in [7, 11) is 0. The Morgan fingerprint density at radius 1 is 1.18 bits per heavy atom. The lowest BCUT2D eigenvalue weighted by atomic mass is 10.2. The molecule has 0 aromatic carbocycles. The third-order valence-corrected chi connectivity index (χ3v) is 3.34. The van der Waals surface area contributed by atoms with E-state index >= 15 is 0 Å². The Kier molecular flexibility index (Phi) is 3.71. The van der Waals surface area contributed by atoms with Crippen LogP contribution < -0.4 is 5.73 Å². The average molecular weight is 246 g/mol. The van der Waals surface area contributed by atoms with Crippen molar-refractivity contribution in [2.45, 2.75) is 30.6 Å². The maximum Gasteiger partial charge on any atom is 0.193 e. The number of hydrogen-bond donors (Lipinski definition) is 1. The Labute approximate surface area is 105 Å². The van der Waals surface area contributed by atoms with E-state index in [1.165, 1.54) is 11.8 Å². The van der Waals surface area contributed by atoms with Crippen LogP contribution in [0.25, 0.3) is 0 Å². The second-order valence-electron chi connectivity index (χ2n) is 3.76. The molecule has 5 heteroatoms. The van der Waals surface area contributed by atoms with E-state index in [4.69, 9.17) is 5.73 Å². The van der Waals surface area contributed by atoms with Gasteiger partial charge >= 0.3 is 0 Å². The predicted molar refractivity (Wildman–Crippen MR) is 67.8 cm³/mol. The molecule has 0 fully saturated rings. The van der Waals surface area contributed by atoms with Crippen molar-refractivity contribution in [3.8, 4) is 0 Å². The Hall–Kier alpha value is -1.46. The van der Waals surface area contributed by atoms with Gasteiger partial charge in [0, 0.05) is 30.7 Å². The van der Waals surface area contributed by atoms with Gasteiger partial charge in [0.25, 0.3) is 0 Å². The summed E-state index contributed by atoms with van der Waals surface area (Å²) >= 11 is 1.45. The first kappa shape index (κ1) is 12.0. The number of aryl methyl sites for hydroxylation is 2. The van der Waals surface area contributed by atoms with Crippen LogP contribution in [0.2, 0.25) is 0 Å². The van der Waals surface area contributed by atoms with Crippen LogP contribution in [0.1, 0.15) is 16.7 Å². The van der Waals surface area contributed by atoms with Gasteiger partial charge in [-0.1, -0.05) is 0 Å². The molecule has 2 heterocycles. The fourth-order valence-electron chi connectivity index (χ4n) is 1.42. The van der Waals surface area contributed by atoms with Gasteiger partial charge in [-0.2, -0.15) is 0 Å². The summed E-state index contributed by atoms with van der Waals surface area (Å²) in [5.41, 5.74) is 8.99. The van der Waals surface area contributed by atoms with Crippen LogP contribution in [0.5, 0.6) is 0 Å². The number of hydrogen-bond acceptors (Lipinski definition) is 5. The number of nitrogens with zero attached hydrogens (tertiary/aromatic N) is 3. The van der Waals surface area contributed by atoms with Crippen LogP contribution in [-0.4, -0.2) is 15.0 Å². The molecule has 0 radical (unpaired) electrons. The fraction of sp³-hybridized carbons (Fsp3) is 0.250. The molecule has 2 aromatic heterocycles. The van der Waals surface area contributed by atoms with Crippen molar-refractivity contribution in [3.05, 3.63) is 41.3 Å². The lowest BCUT2D eigenvalue weighted by molar-refractivity contribution is 0.917. The molecule has 0 unspecified atom stereocenters. The van der Waals surface area contributed by atoms with Crippen molar-refractivity contribution in [2.24, 2.45) is 5.73 Å². The monoisotopic (exact) mass is 246 g/mol. The van der Waals surface area contributed by atoms with E-state index in [9.17, 15) is 0 Å². The third-order valence-electron chi connectivity index (χ3n) is 2.40. The minimum atomic E-state index is 0.480. The first-order valence-electron chi connectivity index (χ1n) is 5.31. The highest BCUT2D eigenvalue weighted by Gasteiger charge is 2.08. The van der Waals surface area contributed by atoms with Gasteiger partial charge in [-0.15, -0.1) is 0 Å². The zero-order valence-corrected chi connectivity index (χ0v) is 10.7. The minimum absolute atomic E-state index is 0.480. The zero-order chi connectivity index (χ0) is 12.3. The van der Waals surface area contributed by atoms with Crippen LogP contribution >= 0.6 is 11.8 Å². The molecule has 2 N–H and O–H groups in total. The molecule has 88 valence electrons. The van der Waals surface area contributed by atoms with E-state index < -0.39 is 0 Å². The van der Waals surface area contributed by atoms with Gasteiger partial charge < -0.3 is 5.73 Å². The molecular formula is C12H14N4S. The van der Waals surface area contributed by atoms with Crippen LogP contribution in [0.15, 0.2) is 34.8 Å². The second-order valence-corrected chi connectivity index (χ2v) is 4.72. The first-order chi connectivity index (χ1) is 8.20. The molecule has 0 saturated carbocycles. The highest BCUT2D eigenvalue weighted by molar-refractivity contribution is 7.99. The van der Waals surface area contributed by atoms with Gasteiger partial charge in [0.2, 0.25) is 0 Å². The van der Waals surface area contributed by atoms with E-state index in [-0.39, 0.29) is 0 Å². The average Bonchev–Trinajstić information content (AvgIpc) is 2.32. The normalized spacial score (nSPS) is 10.5. The maximum atomic E-state index is 5.74. The first-order valence-corrected chi connectivity index (χ1v) is 6.13. The maximum absolute atomic E-state index is 5.74. The van der Waals surface area contributed by atoms with Crippen molar-refractivity contribution in [1.82, 2.24) is 15.0 Å². The molecule has 0 amide bonds. The number of rotatable bonds is 3. The van der Waals surface area contributed by atoms with E-state index in [1.807, 2.05) is 19.9 Å². The summed E-state index contributed by atoms with van der Waals surface area (Å²) in [5.74, 6) is 0. The van der Waals surface area contributed by atoms with Crippen LogP contribution in [-0.2, 0) is 6.54 Å². The summed E-state index contributed by atoms with van der Waals surface area (Å²) in [4.78, 5) is 12.8. The van der Waals surface area contributed by atoms with Gasteiger partial charge in [-0.3, -0.25) is 0 Å². The van der Waals surface area contributed by atoms with Crippen LogP contribution in [0.3, 0.4) is 0 Å². The highest BCUT2D eigenvalue weighted by Crippen LogP contribution is 2.27. The molecule has 0 spiro atoms. The SMILES string of the molecule is Cc1cnc(Sc2nccc(C)c2CN)nc1. The molecule has 17 heavy (non-hydrogen) atoms. The fourth-order valence-corrected chi connectivity index (χ4v) is 2.28. The Bertz CT molecular complexity index is 510. The van der Waals surface area contributed by atoms with Crippen molar-refractivity contribution in [1.29, 1.82) is 0 Å². The predicted octanol–water partition coefficient (Wildman–Crippen LogP) is 2.10. The Balaban J connectivity index is 2.29. The molecule has 0 aliphatic carbocycles. The highest BCUT2D eigenvalue weighted by atomic mass is 32.2. The second kappa shape index (κ2) is 5.25. The number of nitrogens with two attached hydrogens (primary N) is 1. The molecule has 2 rings (SSSR count). The topological polar surface area (TPSA) is 64.7 Å². The van der Waals surface area contributed by atoms with E-state index in [1.54, 1.807) is 18.6 Å². The third kappa shape index (κ3) is 2.81. The lowest BCUT2D eigenvalue weighted by Crippen LogP contribution is -2.03. The van der Waals surface area contributed by atoms with Gasteiger partial charge in [0.1, 0.15) is 5.03 Å². The largest absolute Gasteiger partial charge is 0.326 e. The van der Waals surface area contributed by atoms with Crippen LogP contribution in [0, 0.1) is 13.8 Å². The molecular weight excluding hydrogens is 232 g/mol. The van der Waals surface area contributed by atoms with Gasteiger partial charge in [-0.25, -0.2) is 15.0 Å². The molecule has 2 aromatic rings. The molecule has 0 aliphatic heterocycles. The van der Waals surface area contributed by atoms with Gasteiger partial charge in [0.05, 0.1) is 0 Å². The summed E-state index contributed by atoms with van der Waals surface area (Å²) in [6.07, 6.45) is 5.38. The molecule has 0 atom stereocenters. The van der Waals surface area contributed by atoms with E-state index in [0.717, 1.165) is 21.7 Å². The summed E-state index contributed by atoms with van der Waals surface area (Å²) in [6, 6.07) is 1.96. The van der Waals surface area contributed by atoms with Crippen molar-refractivity contribution < 1.29 is 0 Å². The van der Waals surface area contributed by atoms with Crippen LogP contribution in [0.4, 0.5) is 0 Å².